The fourth-order valence-electron chi connectivity index (χ4n) is 1.78. The van der Waals surface area contributed by atoms with Crippen molar-refractivity contribution in [2.24, 2.45) is 0 Å². The summed E-state index contributed by atoms with van der Waals surface area (Å²) in [6.45, 7) is 2.35. The molecule has 114 valence electrons. The molecule has 0 unspecified atom stereocenters. The van der Waals surface area contributed by atoms with E-state index in [0.717, 1.165) is 4.47 Å². The van der Waals surface area contributed by atoms with E-state index in [9.17, 15) is 4.39 Å². The average molecular weight is 384 g/mol. The lowest BCUT2D eigenvalue weighted by atomic mass is 10.2. The van der Waals surface area contributed by atoms with E-state index in [1.54, 1.807) is 19.1 Å². The van der Waals surface area contributed by atoms with Gasteiger partial charge in [-0.05, 0) is 25.1 Å². The molecule has 3 rings (SSSR count). The molecule has 0 radical (unpaired) electrons. The molecule has 2 heterocycles. The van der Waals surface area contributed by atoms with Crippen LogP contribution in [0.2, 0.25) is 0 Å². The van der Waals surface area contributed by atoms with E-state index in [4.69, 9.17) is 4.52 Å². The predicted octanol–water partition coefficient (Wildman–Crippen LogP) is 3.45. The molecule has 0 saturated carbocycles. The molecular formula is C13H11BrFN5OS. The van der Waals surface area contributed by atoms with Crippen molar-refractivity contribution in [1.29, 1.82) is 0 Å². The van der Waals surface area contributed by atoms with Crippen LogP contribution in [0, 0.1) is 12.7 Å². The molecule has 0 aliphatic carbocycles. The second-order valence-electron chi connectivity index (χ2n) is 4.45. The number of nitrogens with zero attached hydrogens (tertiary/aromatic N) is 4. The predicted molar refractivity (Wildman–Crippen MR) is 84.2 cm³/mol. The highest BCUT2D eigenvalue weighted by molar-refractivity contribution is 9.10. The largest absolute Gasteiger partial charge is 0.360 e. The lowest BCUT2D eigenvalue weighted by Crippen LogP contribution is -2.04. The summed E-state index contributed by atoms with van der Waals surface area (Å²) in [7, 11) is 0. The van der Waals surface area contributed by atoms with E-state index in [-0.39, 0.29) is 5.82 Å². The first-order valence-electron chi connectivity index (χ1n) is 6.44. The summed E-state index contributed by atoms with van der Waals surface area (Å²) in [6, 6.07) is 4.72. The van der Waals surface area contributed by atoms with Crippen LogP contribution in [-0.2, 0) is 6.42 Å². The average Bonchev–Trinajstić information content (AvgIpc) is 3.11. The highest BCUT2D eigenvalue weighted by Crippen LogP contribution is 2.30. The van der Waals surface area contributed by atoms with Crippen molar-refractivity contribution in [3.63, 3.8) is 0 Å². The van der Waals surface area contributed by atoms with E-state index in [0.29, 0.717) is 40.4 Å². The van der Waals surface area contributed by atoms with Crippen molar-refractivity contribution in [1.82, 2.24) is 20.3 Å². The van der Waals surface area contributed by atoms with Gasteiger partial charge in [-0.1, -0.05) is 32.4 Å². The molecule has 1 N–H and O–H groups in total. The maximum Gasteiger partial charge on any atom is 0.228 e. The number of hydrogen-bond donors (Lipinski definition) is 1. The third-order valence-corrected chi connectivity index (χ3v) is 4.18. The van der Waals surface area contributed by atoms with Crippen LogP contribution in [0.3, 0.4) is 0 Å². The van der Waals surface area contributed by atoms with E-state index in [2.05, 4.69) is 41.6 Å². The Labute approximate surface area is 137 Å². The van der Waals surface area contributed by atoms with Gasteiger partial charge in [-0.15, -0.1) is 10.2 Å². The molecule has 6 nitrogen and oxygen atoms in total. The van der Waals surface area contributed by atoms with Crippen molar-refractivity contribution in [2.75, 3.05) is 11.9 Å². The molecule has 2 aromatic heterocycles. The number of aryl methyl sites for hydroxylation is 1. The molecule has 3 aromatic rings. The van der Waals surface area contributed by atoms with Crippen molar-refractivity contribution in [2.45, 2.75) is 13.3 Å². The normalized spacial score (nSPS) is 10.9. The highest BCUT2D eigenvalue weighted by atomic mass is 79.9. The van der Waals surface area contributed by atoms with Crippen LogP contribution in [0.4, 0.5) is 9.52 Å². The number of halogens is 2. The SMILES string of the molecule is Cc1noc(CCNc2nnc(-c3cc(Br)ccc3F)s2)n1. The van der Waals surface area contributed by atoms with Crippen LogP contribution in [0.1, 0.15) is 11.7 Å². The quantitative estimate of drug-likeness (QED) is 0.726. The third-order valence-electron chi connectivity index (χ3n) is 2.77. The Hall–Kier alpha value is -1.87. The Bertz CT molecular complexity index is 790. The van der Waals surface area contributed by atoms with Crippen molar-refractivity contribution < 1.29 is 8.91 Å². The van der Waals surface area contributed by atoms with Crippen LogP contribution < -0.4 is 5.32 Å². The van der Waals surface area contributed by atoms with Crippen molar-refractivity contribution >= 4 is 32.4 Å². The van der Waals surface area contributed by atoms with Gasteiger partial charge in [0.2, 0.25) is 11.0 Å². The zero-order valence-corrected chi connectivity index (χ0v) is 13.9. The molecule has 0 fully saturated rings. The summed E-state index contributed by atoms with van der Waals surface area (Å²) in [5, 5.41) is 16.0. The number of aromatic nitrogens is 4. The lowest BCUT2D eigenvalue weighted by molar-refractivity contribution is 0.377. The second kappa shape index (κ2) is 6.49. The molecule has 0 aliphatic rings. The number of nitrogens with one attached hydrogen (secondary N) is 1. The number of anilines is 1. The summed E-state index contributed by atoms with van der Waals surface area (Å²) in [4.78, 5) is 4.11. The smallest absolute Gasteiger partial charge is 0.228 e. The van der Waals surface area contributed by atoms with Crippen molar-refractivity contribution in [3.05, 3.63) is 40.2 Å². The Kier molecular flexibility index (Phi) is 4.44. The fourth-order valence-corrected chi connectivity index (χ4v) is 2.93. The summed E-state index contributed by atoms with van der Waals surface area (Å²) in [5.74, 6) is 0.846. The Morgan fingerprint density at radius 2 is 2.23 bits per heavy atom. The zero-order chi connectivity index (χ0) is 15.5. The van der Waals surface area contributed by atoms with Crippen LogP contribution in [0.5, 0.6) is 0 Å². The third kappa shape index (κ3) is 3.47. The van der Waals surface area contributed by atoms with E-state index in [1.165, 1.54) is 17.4 Å². The van der Waals surface area contributed by atoms with Gasteiger partial charge >= 0.3 is 0 Å². The zero-order valence-electron chi connectivity index (χ0n) is 11.5. The minimum atomic E-state index is -0.327. The van der Waals surface area contributed by atoms with Crippen LogP contribution in [-0.4, -0.2) is 26.9 Å². The molecule has 0 amide bonds. The molecular weight excluding hydrogens is 373 g/mol. The van der Waals surface area contributed by atoms with Crippen LogP contribution in [0.25, 0.3) is 10.6 Å². The molecule has 0 spiro atoms. The van der Waals surface area contributed by atoms with Crippen LogP contribution in [0.15, 0.2) is 27.2 Å². The monoisotopic (exact) mass is 383 g/mol. The first-order valence-corrected chi connectivity index (χ1v) is 8.05. The first-order chi connectivity index (χ1) is 10.6. The van der Waals surface area contributed by atoms with E-state index in [1.807, 2.05) is 0 Å². The molecule has 0 aliphatic heterocycles. The van der Waals surface area contributed by atoms with Gasteiger partial charge in [-0.3, -0.25) is 0 Å². The van der Waals surface area contributed by atoms with Gasteiger partial charge in [-0.25, -0.2) is 4.39 Å². The minimum Gasteiger partial charge on any atom is -0.360 e. The van der Waals surface area contributed by atoms with Crippen LogP contribution >= 0.6 is 27.3 Å². The molecule has 1 aromatic carbocycles. The highest BCUT2D eigenvalue weighted by Gasteiger charge is 2.12. The Balaban J connectivity index is 1.65. The minimum absolute atomic E-state index is 0.327. The van der Waals surface area contributed by atoms with Gasteiger partial charge in [0, 0.05) is 23.0 Å². The Morgan fingerprint density at radius 1 is 1.36 bits per heavy atom. The van der Waals surface area contributed by atoms with Gasteiger partial charge in [0.15, 0.2) is 10.8 Å². The number of hydrogen-bond acceptors (Lipinski definition) is 7. The summed E-state index contributed by atoms with van der Waals surface area (Å²) >= 11 is 4.61. The summed E-state index contributed by atoms with van der Waals surface area (Å²) in [6.07, 6.45) is 0.584. The maximum atomic E-state index is 13.8. The fraction of sp³-hybridized carbons (Fsp3) is 0.231. The number of rotatable bonds is 5. The van der Waals surface area contributed by atoms with E-state index < -0.39 is 0 Å². The number of benzene rings is 1. The summed E-state index contributed by atoms with van der Waals surface area (Å²) < 4.78 is 19.6. The van der Waals surface area contributed by atoms with E-state index >= 15 is 0 Å². The lowest BCUT2D eigenvalue weighted by Gasteiger charge is -1.99. The summed E-state index contributed by atoms with van der Waals surface area (Å²) in [5.41, 5.74) is 0.424. The Morgan fingerprint density at radius 3 is 3.00 bits per heavy atom. The second-order valence-corrected chi connectivity index (χ2v) is 6.34. The molecule has 0 saturated heterocycles. The van der Waals surface area contributed by atoms with Gasteiger partial charge < -0.3 is 9.84 Å². The molecule has 22 heavy (non-hydrogen) atoms. The van der Waals surface area contributed by atoms with Gasteiger partial charge in [0.1, 0.15) is 5.82 Å². The molecule has 0 atom stereocenters. The topological polar surface area (TPSA) is 76.7 Å². The molecule has 9 heteroatoms. The molecule has 0 bridgehead atoms. The van der Waals surface area contributed by atoms with Gasteiger partial charge in [0.05, 0.1) is 0 Å². The van der Waals surface area contributed by atoms with Gasteiger partial charge in [-0.2, -0.15) is 4.98 Å². The maximum absolute atomic E-state index is 13.8. The first kappa shape index (κ1) is 15.0. The standard InChI is InChI=1S/C13H11BrFN5OS/c1-7-17-11(21-20-7)4-5-16-13-19-18-12(22-13)9-6-8(14)2-3-10(9)15/h2-3,6H,4-5H2,1H3,(H,16,19). The van der Waals surface area contributed by atoms with Gasteiger partial charge in [0.25, 0.3) is 0 Å². The van der Waals surface area contributed by atoms with Crippen molar-refractivity contribution in [3.8, 4) is 10.6 Å².